The van der Waals surface area contributed by atoms with Crippen LogP contribution >= 0.6 is 0 Å². The molecule has 11 heteroatoms. The first kappa shape index (κ1) is 26.7. The second-order valence-corrected chi connectivity index (χ2v) is 10.4. The number of allylic oxidation sites excluding steroid dienone is 2. The van der Waals surface area contributed by atoms with E-state index in [4.69, 9.17) is 10.5 Å². The Bertz CT molecular complexity index is 1330. The third kappa shape index (κ3) is 5.36. The van der Waals surface area contributed by atoms with E-state index in [0.717, 1.165) is 30.7 Å². The van der Waals surface area contributed by atoms with Crippen molar-refractivity contribution in [2.45, 2.75) is 57.3 Å². The van der Waals surface area contributed by atoms with Gasteiger partial charge in [-0.15, -0.1) is 0 Å². The normalized spacial score (nSPS) is 26.5. The molecule has 1 aromatic heterocycles. The highest BCUT2D eigenvalue weighted by Gasteiger charge is 2.40. The maximum absolute atomic E-state index is 15.5. The molecule has 5 unspecified atom stereocenters. The Morgan fingerprint density at radius 2 is 1.90 bits per heavy atom. The number of hydrogen-bond donors (Lipinski definition) is 2. The van der Waals surface area contributed by atoms with E-state index < -0.39 is 47.3 Å². The van der Waals surface area contributed by atoms with Crippen LogP contribution in [0, 0.1) is 24.6 Å². The number of aromatic nitrogens is 2. The number of amides is 2. The number of aryl methyl sites for hydroxylation is 1. The zero-order chi connectivity index (χ0) is 27.7. The van der Waals surface area contributed by atoms with E-state index >= 15 is 4.39 Å². The molecule has 10 nitrogen and oxygen atoms in total. The van der Waals surface area contributed by atoms with E-state index in [9.17, 15) is 14.4 Å². The number of hydrazone groups is 1. The Labute approximate surface area is 226 Å². The Morgan fingerprint density at radius 1 is 1.13 bits per heavy atom. The lowest BCUT2D eigenvalue weighted by molar-refractivity contribution is -0.127. The number of hydrogen-bond acceptors (Lipinski definition) is 7. The average Bonchev–Trinajstić information content (AvgIpc) is 3.50. The molecule has 5 atom stereocenters. The molecule has 2 aliphatic heterocycles. The number of benzene rings is 1. The van der Waals surface area contributed by atoms with E-state index in [2.05, 4.69) is 15.5 Å². The quantitative estimate of drug-likeness (QED) is 0.413. The van der Waals surface area contributed by atoms with E-state index in [-0.39, 0.29) is 11.8 Å². The fraction of sp³-hybridized carbons (Fsp3) is 0.464. The van der Waals surface area contributed by atoms with Gasteiger partial charge in [0.15, 0.2) is 18.1 Å². The summed E-state index contributed by atoms with van der Waals surface area (Å²) in [6, 6.07) is 4.89. The monoisotopic (exact) mass is 536 g/mol. The van der Waals surface area contributed by atoms with Gasteiger partial charge in [0.05, 0.1) is 28.9 Å². The lowest BCUT2D eigenvalue weighted by atomic mass is 9.77. The van der Waals surface area contributed by atoms with Gasteiger partial charge in [-0.05, 0) is 57.2 Å². The molecule has 0 spiro atoms. The van der Waals surface area contributed by atoms with Crippen LogP contribution in [0.25, 0.3) is 11.3 Å². The topological polar surface area (TPSA) is 132 Å². The van der Waals surface area contributed by atoms with Crippen molar-refractivity contribution >= 4 is 23.8 Å². The largest absolute Gasteiger partial charge is 0.368 e. The highest BCUT2D eigenvalue weighted by Crippen LogP contribution is 2.33. The first-order valence-corrected chi connectivity index (χ1v) is 13.3. The third-order valence-electron chi connectivity index (χ3n) is 7.68. The summed E-state index contributed by atoms with van der Waals surface area (Å²) in [5.74, 6) is -3.58. The van der Waals surface area contributed by atoms with Gasteiger partial charge in [-0.1, -0.05) is 18.2 Å². The molecule has 206 valence electrons. The standard InChI is InChI=1S/C28H33FN6O4/c1-16-13-23(35(33-16)24-9-5-6-12-39-24)17-10-11-20(21(29)14-17)26(36)18-7-3-4-8-19(18)28(38)32-22-15-31-34(2)25(22)27(30)37/h3-4,10-11,13-15,18-19,22,24-25H,5-9,12H2,1-2H3,(H2,30,37)(H,32,38). The Kier molecular flexibility index (Phi) is 7.60. The average molecular weight is 537 g/mol. The second-order valence-electron chi connectivity index (χ2n) is 10.4. The Hall–Kier alpha value is -3.86. The van der Waals surface area contributed by atoms with Crippen LogP contribution in [0.4, 0.5) is 4.39 Å². The van der Waals surface area contributed by atoms with E-state index in [1.54, 1.807) is 17.8 Å². The number of ether oxygens (including phenoxy) is 1. The van der Waals surface area contributed by atoms with Gasteiger partial charge in [-0.2, -0.15) is 10.2 Å². The number of rotatable bonds is 7. The third-order valence-corrected chi connectivity index (χ3v) is 7.68. The van der Waals surface area contributed by atoms with Crippen molar-refractivity contribution in [3.63, 3.8) is 0 Å². The minimum Gasteiger partial charge on any atom is -0.368 e. The first-order chi connectivity index (χ1) is 18.7. The molecule has 0 radical (unpaired) electrons. The summed E-state index contributed by atoms with van der Waals surface area (Å²) in [6.07, 6.45) is 8.41. The van der Waals surface area contributed by atoms with Crippen molar-refractivity contribution in [1.29, 1.82) is 0 Å². The van der Waals surface area contributed by atoms with Crippen LogP contribution in [0.1, 0.15) is 54.4 Å². The molecular weight excluding hydrogens is 503 g/mol. The lowest BCUT2D eigenvalue weighted by Gasteiger charge is -2.29. The number of likely N-dealkylation sites (N-methyl/N-ethyl adjacent to an activating group) is 1. The van der Waals surface area contributed by atoms with Crippen LogP contribution in [-0.4, -0.2) is 64.3 Å². The molecule has 2 amide bonds. The number of Topliss-reactive ketones (excluding diaryl/α,β-unsaturated/α-hetero) is 1. The highest BCUT2D eigenvalue weighted by molar-refractivity contribution is 6.02. The van der Waals surface area contributed by atoms with Crippen molar-refractivity contribution in [3.8, 4) is 11.3 Å². The molecule has 0 saturated carbocycles. The number of halogens is 1. The minimum absolute atomic E-state index is 0.0641. The number of ketones is 1. The molecule has 1 aliphatic carbocycles. The van der Waals surface area contributed by atoms with Crippen molar-refractivity contribution < 1.29 is 23.5 Å². The van der Waals surface area contributed by atoms with E-state index in [1.807, 2.05) is 25.1 Å². The van der Waals surface area contributed by atoms with Gasteiger partial charge in [0, 0.05) is 31.4 Å². The van der Waals surface area contributed by atoms with Gasteiger partial charge >= 0.3 is 0 Å². The van der Waals surface area contributed by atoms with Crippen LogP contribution in [0.2, 0.25) is 0 Å². The molecular formula is C28H33FN6O4. The summed E-state index contributed by atoms with van der Waals surface area (Å²) in [5.41, 5.74) is 7.52. The summed E-state index contributed by atoms with van der Waals surface area (Å²) >= 11 is 0. The predicted molar refractivity (Wildman–Crippen MR) is 142 cm³/mol. The maximum atomic E-state index is 15.5. The molecule has 3 N–H and O–H groups in total. The van der Waals surface area contributed by atoms with Crippen LogP contribution in [0.15, 0.2) is 41.5 Å². The summed E-state index contributed by atoms with van der Waals surface area (Å²) in [5, 5.41) is 12.8. The van der Waals surface area contributed by atoms with Crippen molar-refractivity contribution in [1.82, 2.24) is 20.1 Å². The molecule has 1 fully saturated rings. The number of nitrogens with two attached hydrogens (primary N) is 1. The van der Waals surface area contributed by atoms with Gasteiger partial charge in [0.1, 0.15) is 5.82 Å². The number of nitrogens with zero attached hydrogens (tertiary/aromatic N) is 4. The number of nitrogens with one attached hydrogen (secondary N) is 1. The van der Waals surface area contributed by atoms with Gasteiger partial charge in [0.2, 0.25) is 11.8 Å². The lowest BCUT2D eigenvalue weighted by Crippen LogP contribution is -2.54. The van der Waals surface area contributed by atoms with Crippen LogP contribution in [-0.2, 0) is 14.3 Å². The molecule has 0 bridgehead atoms. The van der Waals surface area contributed by atoms with E-state index in [0.29, 0.717) is 25.0 Å². The van der Waals surface area contributed by atoms with Crippen molar-refractivity contribution in [2.24, 2.45) is 22.7 Å². The molecule has 2 aromatic rings. The number of carbonyl (C=O) groups is 3. The molecule has 5 rings (SSSR count). The van der Waals surface area contributed by atoms with Gasteiger partial charge in [-0.25, -0.2) is 9.07 Å². The fourth-order valence-electron chi connectivity index (χ4n) is 5.65. The molecule has 1 aromatic carbocycles. The predicted octanol–water partition coefficient (Wildman–Crippen LogP) is 2.73. The highest BCUT2D eigenvalue weighted by atomic mass is 19.1. The van der Waals surface area contributed by atoms with E-state index in [1.165, 1.54) is 23.4 Å². The van der Waals surface area contributed by atoms with Gasteiger partial charge < -0.3 is 15.8 Å². The molecule has 1 saturated heterocycles. The maximum Gasteiger partial charge on any atom is 0.244 e. The van der Waals surface area contributed by atoms with Crippen LogP contribution < -0.4 is 11.1 Å². The zero-order valence-electron chi connectivity index (χ0n) is 22.0. The SMILES string of the molecule is Cc1cc(-c2ccc(C(=O)C3CC=CCC3C(=O)NC3C=NN(C)C3C(N)=O)c(F)c2)n(C2CCCCO2)n1. The zero-order valence-corrected chi connectivity index (χ0v) is 22.0. The summed E-state index contributed by atoms with van der Waals surface area (Å²) in [7, 11) is 1.59. The Balaban J connectivity index is 1.35. The summed E-state index contributed by atoms with van der Waals surface area (Å²) in [4.78, 5) is 38.7. The van der Waals surface area contributed by atoms with Gasteiger partial charge in [-0.3, -0.25) is 19.4 Å². The minimum atomic E-state index is -0.816. The second kappa shape index (κ2) is 11.1. The molecule has 39 heavy (non-hydrogen) atoms. The number of carbonyl (C=O) groups excluding carboxylic acids is 3. The summed E-state index contributed by atoms with van der Waals surface area (Å²) in [6.45, 7) is 2.53. The van der Waals surface area contributed by atoms with Crippen LogP contribution in [0.3, 0.4) is 0 Å². The first-order valence-electron chi connectivity index (χ1n) is 13.3. The summed E-state index contributed by atoms with van der Waals surface area (Å²) < 4.78 is 23.2. The number of primary amides is 1. The molecule has 3 aliphatic rings. The Morgan fingerprint density at radius 3 is 2.59 bits per heavy atom. The van der Waals surface area contributed by atoms with Crippen molar-refractivity contribution in [2.75, 3.05) is 13.7 Å². The van der Waals surface area contributed by atoms with Crippen LogP contribution in [0.5, 0.6) is 0 Å². The fourth-order valence-corrected chi connectivity index (χ4v) is 5.65. The molecule has 3 heterocycles. The van der Waals surface area contributed by atoms with Gasteiger partial charge in [0.25, 0.3) is 0 Å². The smallest absolute Gasteiger partial charge is 0.244 e. The van der Waals surface area contributed by atoms with Crippen molar-refractivity contribution in [3.05, 3.63) is 53.5 Å².